The number of carbonyl (C=O) groups excluding carboxylic acids is 1. The van der Waals surface area contributed by atoms with Gasteiger partial charge in [-0.3, -0.25) is 4.79 Å². The molecular formula is C21H17ClN2O3. The summed E-state index contributed by atoms with van der Waals surface area (Å²) < 4.78 is 11.4. The molecule has 2 aromatic carbocycles. The van der Waals surface area contributed by atoms with Gasteiger partial charge in [0.05, 0.1) is 12.5 Å². The second-order valence-corrected chi connectivity index (χ2v) is 6.24. The van der Waals surface area contributed by atoms with E-state index < -0.39 is 11.7 Å². The first-order valence-corrected chi connectivity index (χ1v) is 8.74. The van der Waals surface area contributed by atoms with Gasteiger partial charge in [0.15, 0.2) is 5.76 Å². The number of rotatable bonds is 4. The van der Waals surface area contributed by atoms with Crippen LogP contribution in [-0.4, -0.2) is 12.4 Å². The van der Waals surface area contributed by atoms with Gasteiger partial charge in [0.2, 0.25) is 17.4 Å². The van der Waals surface area contributed by atoms with Crippen LogP contribution in [0.2, 0.25) is 5.02 Å². The van der Waals surface area contributed by atoms with E-state index in [1.807, 2.05) is 24.3 Å². The molecule has 0 spiro atoms. The highest BCUT2D eigenvalue weighted by molar-refractivity contribution is 6.30. The van der Waals surface area contributed by atoms with Gasteiger partial charge in [-0.25, -0.2) is 0 Å². The highest BCUT2D eigenvalue weighted by atomic mass is 35.5. The minimum Gasteiger partial charge on any atom is -0.487 e. The minimum atomic E-state index is -0.962. The third kappa shape index (κ3) is 3.67. The fraction of sp³-hybridized carbons (Fsp3) is 0.143. The van der Waals surface area contributed by atoms with Crippen LogP contribution in [0, 0.1) is 11.3 Å². The number of ether oxygens (including phenoxy) is 2. The lowest BCUT2D eigenvalue weighted by atomic mass is 9.87. The van der Waals surface area contributed by atoms with E-state index in [0.29, 0.717) is 16.1 Å². The minimum absolute atomic E-state index is 0.0189. The van der Waals surface area contributed by atoms with Crippen molar-refractivity contribution in [3.63, 3.8) is 0 Å². The molecule has 2 N–H and O–H groups in total. The van der Waals surface area contributed by atoms with Crippen LogP contribution in [-0.2, 0) is 14.3 Å². The zero-order chi connectivity index (χ0) is 19.4. The van der Waals surface area contributed by atoms with Crippen molar-refractivity contribution in [1.82, 2.24) is 0 Å². The number of nitrogens with two attached hydrogens (primary N) is 1. The van der Waals surface area contributed by atoms with Gasteiger partial charge in [0.25, 0.3) is 0 Å². The van der Waals surface area contributed by atoms with E-state index in [4.69, 9.17) is 26.8 Å². The average Bonchev–Trinajstić information content (AvgIpc) is 2.78. The van der Waals surface area contributed by atoms with Gasteiger partial charge in [0.1, 0.15) is 11.6 Å². The molecule has 0 saturated carbocycles. The van der Waals surface area contributed by atoms with Crippen molar-refractivity contribution in [3.05, 3.63) is 88.0 Å². The van der Waals surface area contributed by atoms with Gasteiger partial charge in [-0.05, 0) is 24.6 Å². The van der Waals surface area contributed by atoms with E-state index in [9.17, 15) is 10.1 Å². The van der Waals surface area contributed by atoms with Gasteiger partial charge in [-0.2, -0.15) is 5.26 Å². The maximum absolute atomic E-state index is 13.4. The van der Waals surface area contributed by atoms with Crippen LogP contribution in [0.1, 0.15) is 24.0 Å². The Morgan fingerprint density at radius 2 is 1.96 bits per heavy atom. The topological polar surface area (TPSA) is 85.3 Å². The molecule has 6 heteroatoms. The number of ketones is 1. The molecule has 1 heterocycles. The normalized spacial score (nSPS) is 17.2. The number of halogens is 1. The summed E-state index contributed by atoms with van der Waals surface area (Å²) >= 11 is 6.09. The van der Waals surface area contributed by atoms with Crippen molar-refractivity contribution in [3.8, 4) is 6.07 Å². The SMILES string of the molecule is CCOC1=C(c2ccccc2)OC(N)=C(C#N)C(c2cccc(Cl)c2)C1=O. The molecule has 0 saturated heterocycles. The van der Waals surface area contributed by atoms with Crippen molar-refractivity contribution in [2.24, 2.45) is 5.73 Å². The largest absolute Gasteiger partial charge is 0.487 e. The molecule has 1 aliphatic rings. The molecule has 2 aromatic rings. The van der Waals surface area contributed by atoms with Gasteiger partial charge in [-0.1, -0.05) is 54.1 Å². The summed E-state index contributed by atoms with van der Waals surface area (Å²) in [6.07, 6.45) is 0. The Hall–Kier alpha value is -3.23. The Morgan fingerprint density at radius 3 is 2.59 bits per heavy atom. The first kappa shape index (κ1) is 18.6. The van der Waals surface area contributed by atoms with E-state index in [-0.39, 0.29) is 29.6 Å². The highest BCUT2D eigenvalue weighted by Crippen LogP contribution is 2.37. The number of hydrogen-bond donors (Lipinski definition) is 1. The van der Waals surface area contributed by atoms with Crippen molar-refractivity contribution in [2.75, 3.05) is 6.61 Å². The number of Topliss-reactive ketones (excluding diaryl/α,β-unsaturated/α-hetero) is 1. The van der Waals surface area contributed by atoms with E-state index in [2.05, 4.69) is 0 Å². The number of carbonyl (C=O) groups is 1. The quantitative estimate of drug-likeness (QED) is 0.862. The third-order valence-corrected chi connectivity index (χ3v) is 4.32. The van der Waals surface area contributed by atoms with Crippen LogP contribution in [0.3, 0.4) is 0 Å². The maximum atomic E-state index is 13.4. The van der Waals surface area contributed by atoms with Crippen LogP contribution in [0.5, 0.6) is 0 Å². The molecule has 27 heavy (non-hydrogen) atoms. The van der Waals surface area contributed by atoms with Crippen molar-refractivity contribution < 1.29 is 14.3 Å². The molecule has 0 fully saturated rings. The zero-order valence-electron chi connectivity index (χ0n) is 14.6. The van der Waals surface area contributed by atoms with E-state index in [1.165, 1.54) is 0 Å². The number of nitriles is 1. The fourth-order valence-corrected chi connectivity index (χ4v) is 3.11. The first-order valence-electron chi connectivity index (χ1n) is 8.36. The summed E-state index contributed by atoms with van der Waals surface area (Å²) in [5.41, 5.74) is 7.25. The van der Waals surface area contributed by atoms with Gasteiger partial charge in [0, 0.05) is 10.6 Å². The van der Waals surface area contributed by atoms with Gasteiger partial charge in [-0.15, -0.1) is 0 Å². The molecule has 0 radical (unpaired) electrons. The maximum Gasteiger partial charge on any atom is 0.214 e. The summed E-state index contributed by atoms with van der Waals surface area (Å²) in [7, 11) is 0. The molecule has 0 aliphatic carbocycles. The van der Waals surface area contributed by atoms with Crippen LogP contribution < -0.4 is 5.73 Å². The molecule has 136 valence electrons. The smallest absolute Gasteiger partial charge is 0.214 e. The second kappa shape index (κ2) is 7.98. The van der Waals surface area contributed by atoms with Crippen LogP contribution in [0.25, 0.3) is 5.76 Å². The lowest BCUT2D eigenvalue weighted by molar-refractivity contribution is -0.119. The molecule has 3 rings (SSSR count). The predicted molar refractivity (Wildman–Crippen MR) is 102 cm³/mol. The van der Waals surface area contributed by atoms with E-state index in [1.54, 1.807) is 43.3 Å². The van der Waals surface area contributed by atoms with E-state index >= 15 is 0 Å². The van der Waals surface area contributed by atoms with Crippen LogP contribution in [0.15, 0.2) is 71.8 Å². The van der Waals surface area contributed by atoms with Crippen molar-refractivity contribution in [2.45, 2.75) is 12.8 Å². The summed E-state index contributed by atoms with van der Waals surface area (Å²) in [6.45, 7) is 2.02. The van der Waals surface area contributed by atoms with Crippen LogP contribution >= 0.6 is 11.6 Å². The zero-order valence-corrected chi connectivity index (χ0v) is 15.4. The molecule has 1 atom stereocenters. The number of allylic oxidation sites excluding steroid dienone is 2. The van der Waals surface area contributed by atoms with E-state index in [0.717, 1.165) is 0 Å². The monoisotopic (exact) mass is 380 g/mol. The summed E-state index contributed by atoms with van der Waals surface area (Å²) in [6, 6.07) is 17.8. The molecule has 0 bridgehead atoms. The summed E-state index contributed by atoms with van der Waals surface area (Å²) in [5, 5.41) is 10.1. The molecule has 1 aliphatic heterocycles. The summed E-state index contributed by atoms with van der Waals surface area (Å²) in [5.74, 6) is -1.28. The van der Waals surface area contributed by atoms with Crippen molar-refractivity contribution >= 4 is 23.1 Å². The Morgan fingerprint density at radius 1 is 1.22 bits per heavy atom. The van der Waals surface area contributed by atoms with Gasteiger partial charge >= 0.3 is 0 Å². The Labute approximate surface area is 162 Å². The van der Waals surface area contributed by atoms with Crippen molar-refractivity contribution in [1.29, 1.82) is 5.26 Å². The molecular weight excluding hydrogens is 364 g/mol. The predicted octanol–water partition coefficient (Wildman–Crippen LogP) is 4.12. The molecule has 5 nitrogen and oxygen atoms in total. The standard InChI is InChI=1S/C21H17ClN2O3/c1-2-26-20-18(25)17(14-9-6-10-15(22)11-14)16(12-23)21(24)27-19(20)13-7-4-3-5-8-13/h3-11,17H,2,24H2,1H3. The highest BCUT2D eigenvalue weighted by Gasteiger charge is 2.37. The number of nitrogens with zero attached hydrogens (tertiary/aromatic N) is 1. The first-order chi connectivity index (χ1) is 13.1. The summed E-state index contributed by atoms with van der Waals surface area (Å²) in [4.78, 5) is 13.4. The molecule has 0 amide bonds. The second-order valence-electron chi connectivity index (χ2n) is 5.80. The Balaban J connectivity index is 2.24. The Bertz CT molecular complexity index is 974. The number of hydrogen-bond acceptors (Lipinski definition) is 5. The Kier molecular flexibility index (Phi) is 5.49. The lowest BCUT2D eigenvalue weighted by Gasteiger charge is -2.16. The lowest BCUT2D eigenvalue weighted by Crippen LogP contribution is -2.19. The average molecular weight is 381 g/mol. The van der Waals surface area contributed by atoms with Gasteiger partial charge < -0.3 is 15.2 Å². The third-order valence-electron chi connectivity index (χ3n) is 4.09. The number of benzene rings is 2. The molecule has 0 aromatic heterocycles. The molecule has 1 unspecified atom stereocenters. The van der Waals surface area contributed by atoms with Crippen LogP contribution in [0.4, 0.5) is 0 Å². The fourth-order valence-electron chi connectivity index (χ4n) is 2.91.